The molecule has 1 heterocycles. The maximum atomic E-state index is 6.20. The van der Waals surface area contributed by atoms with Crippen molar-refractivity contribution in [3.05, 3.63) is 34.3 Å². The maximum Gasteiger partial charge on any atom is 0.0409 e. The zero-order chi connectivity index (χ0) is 14.2. The highest BCUT2D eigenvalue weighted by Gasteiger charge is 2.38. The number of rotatable bonds is 3. The average molecular weight is 310 g/mol. The standard InChI is InChI=1S/C17H24ClNS/c1-17(2)10-13-3-4-14(18)9-15(13)16(17)19-11-12-5-7-20-8-6-12/h3-4,9,12,16,19H,5-8,10-11H2,1-2H3. The highest BCUT2D eigenvalue weighted by Crippen LogP contribution is 2.46. The zero-order valence-electron chi connectivity index (χ0n) is 12.4. The van der Waals surface area contributed by atoms with Crippen molar-refractivity contribution in [2.75, 3.05) is 18.1 Å². The smallest absolute Gasteiger partial charge is 0.0409 e. The monoisotopic (exact) mass is 309 g/mol. The van der Waals surface area contributed by atoms with Gasteiger partial charge in [-0.15, -0.1) is 0 Å². The lowest BCUT2D eigenvalue weighted by molar-refractivity contribution is 0.254. The first-order valence-corrected chi connectivity index (χ1v) is 9.19. The number of thioether (sulfide) groups is 1. The fourth-order valence-electron chi connectivity index (χ4n) is 3.63. The van der Waals surface area contributed by atoms with E-state index in [-0.39, 0.29) is 5.41 Å². The first kappa shape index (κ1) is 14.7. The molecule has 1 saturated heterocycles. The van der Waals surface area contributed by atoms with Crippen LogP contribution in [-0.2, 0) is 6.42 Å². The second-order valence-electron chi connectivity index (χ2n) is 6.91. The minimum atomic E-state index is 0.288. The molecular weight excluding hydrogens is 286 g/mol. The van der Waals surface area contributed by atoms with Crippen LogP contribution in [0.15, 0.2) is 18.2 Å². The Balaban J connectivity index is 1.72. The van der Waals surface area contributed by atoms with Crippen LogP contribution in [0.1, 0.15) is 43.9 Å². The molecule has 1 fully saturated rings. The van der Waals surface area contributed by atoms with Gasteiger partial charge >= 0.3 is 0 Å². The quantitative estimate of drug-likeness (QED) is 0.869. The van der Waals surface area contributed by atoms with Gasteiger partial charge in [0.15, 0.2) is 0 Å². The van der Waals surface area contributed by atoms with Crippen LogP contribution in [0.5, 0.6) is 0 Å². The minimum absolute atomic E-state index is 0.288. The molecule has 0 bridgehead atoms. The lowest BCUT2D eigenvalue weighted by Gasteiger charge is -2.31. The lowest BCUT2D eigenvalue weighted by Crippen LogP contribution is -2.35. The van der Waals surface area contributed by atoms with Crippen molar-refractivity contribution in [1.29, 1.82) is 0 Å². The lowest BCUT2D eigenvalue weighted by atomic mass is 9.85. The first-order valence-electron chi connectivity index (χ1n) is 7.66. The summed E-state index contributed by atoms with van der Waals surface area (Å²) in [6, 6.07) is 6.85. The summed E-state index contributed by atoms with van der Waals surface area (Å²) >= 11 is 8.30. The fraction of sp³-hybridized carbons (Fsp3) is 0.647. The van der Waals surface area contributed by atoms with Gasteiger partial charge in [-0.2, -0.15) is 11.8 Å². The van der Waals surface area contributed by atoms with Gasteiger partial charge in [-0.1, -0.05) is 31.5 Å². The Kier molecular flexibility index (Phi) is 4.35. The number of fused-ring (bicyclic) bond motifs is 1. The van der Waals surface area contributed by atoms with Crippen LogP contribution in [-0.4, -0.2) is 18.1 Å². The third-order valence-corrected chi connectivity index (χ3v) is 6.08. The Labute approximate surface area is 131 Å². The molecule has 3 heteroatoms. The predicted octanol–water partition coefficient (Wildman–Crippen LogP) is 4.70. The summed E-state index contributed by atoms with van der Waals surface area (Å²) in [6.07, 6.45) is 3.89. The van der Waals surface area contributed by atoms with Crippen LogP contribution in [0.4, 0.5) is 0 Å². The van der Waals surface area contributed by atoms with Gasteiger partial charge in [0.05, 0.1) is 0 Å². The fourth-order valence-corrected chi connectivity index (χ4v) is 5.02. The van der Waals surface area contributed by atoms with E-state index in [0.717, 1.165) is 23.9 Å². The van der Waals surface area contributed by atoms with Gasteiger partial charge in [0.2, 0.25) is 0 Å². The summed E-state index contributed by atoms with van der Waals surface area (Å²) in [6.45, 7) is 5.89. The van der Waals surface area contributed by atoms with E-state index in [0.29, 0.717) is 6.04 Å². The summed E-state index contributed by atoms with van der Waals surface area (Å²) in [5.74, 6) is 3.53. The van der Waals surface area contributed by atoms with Crippen LogP contribution >= 0.6 is 23.4 Å². The van der Waals surface area contributed by atoms with Crippen molar-refractivity contribution in [2.45, 2.75) is 39.2 Å². The van der Waals surface area contributed by atoms with Crippen molar-refractivity contribution in [1.82, 2.24) is 5.32 Å². The molecule has 0 aromatic heterocycles. The number of nitrogens with one attached hydrogen (secondary N) is 1. The Morgan fingerprint density at radius 1 is 1.30 bits per heavy atom. The van der Waals surface area contributed by atoms with Crippen molar-refractivity contribution < 1.29 is 0 Å². The van der Waals surface area contributed by atoms with E-state index in [2.05, 4.69) is 43.1 Å². The van der Waals surface area contributed by atoms with Gasteiger partial charge in [-0.3, -0.25) is 0 Å². The molecule has 110 valence electrons. The number of hydrogen-bond acceptors (Lipinski definition) is 2. The molecule has 1 N–H and O–H groups in total. The molecule has 0 saturated carbocycles. The summed E-state index contributed by atoms with van der Waals surface area (Å²) in [5.41, 5.74) is 3.18. The van der Waals surface area contributed by atoms with Gasteiger partial charge in [0.1, 0.15) is 0 Å². The van der Waals surface area contributed by atoms with E-state index >= 15 is 0 Å². The van der Waals surface area contributed by atoms with Crippen molar-refractivity contribution >= 4 is 23.4 Å². The molecule has 1 aromatic carbocycles. The Hall–Kier alpha value is -0.180. The van der Waals surface area contributed by atoms with Gasteiger partial charge in [-0.25, -0.2) is 0 Å². The van der Waals surface area contributed by atoms with E-state index in [1.165, 1.54) is 35.5 Å². The Morgan fingerprint density at radius 2 is 2.05 bits per heavy atom. The largest absolute Gasteiger partial charge is 0.309 e. The van der Waals surface area contributed by atoms with E-state index in [9.17, 15) is 0 Å². The van der Waals surface area contributed by atoms with Crippen LogP contribution in [0.25, 0.3) is 0 Å². The summed E-state index contributed by atoms with van der Waals surface area (Å²) in [5, 5.41) is 4.72. The molecule has 1 atom stereocenters. The van der Waals surface area contributed by atoms with E-state index < -0.39 is 0 Å². The minimum Gasteiger partial charge on any atom is -0.309 e. The molecule has 1 nitrogen and oxygen atoms in total. The highest BCUT2D eigenvalue weighted by molar-refractivity contribution is 7.99. The summed E-state index contributed by atoms with van der Waals surface area (Å²) < 4.78 is 0. The number of benzene rings is 1. The van der Waals surface area contributed by atoms with Crippen LogP contribution < -0.4 is 5.32 Å². The van der Waals surface area contributed by atoms with Gasteiger partial charge in [0, 0.05) is 11.1 Å². The average Bonchev–Trinajstić information content (AvgIpc) is 2.67. The molecule has 1 aliphatic heterocycles. The molecule has 3 rings (SSSR count). The van der Waals surface area contributed by atoms with Crippen LogP contribution in [0, 0.1) is 11.3 Å². The van der Waals surface area contributed by atoms with Crippen molar-refractivity contribution in [2.24, 2.45) is 11.3 Å². The number of halogens is 1. The molecule has 20 heavy (non-hydrogen) atoms. The van der Waals surface area contributed by atoms with Crippen molar-refractivity contribution in [3.8, 4) is 0 Å². The third kappa shape index (κ3) is 3.03. The van der Waals surface area contributed by atoms with Crippen LogP contribution in [0.2, 0.25) is 5.02 Å². The molecule has 2 aliphatic rings. The van der Waals surface area contributed by atoms with Gasteiger partial charge in [-0.05, 0) is 71.9 Å². The van der Waals surface area contributed by atoms with E-state index in [1.807, 2.05) is 6.07 Å². The van der Waals surface area contributed by atoms with Gasteiger partial charge in [0.25, 0.3) is 0 Å². The topological polar surface area (TPSA) is 12.0 Å². The summed E-state index contributed by atoms with van der Waals surface area (Å²) in [4.78, 5) is 0. The Bertz CT molecular complexity index is 480. The summed E-state index contributed by atoms with van der Waals surface area (Å²) in [7, 11) is 0. The normalized spacial score (nSPS) is 25.6. The number of hydrogen-bond donors (Lipinski definition) is 1. The maximum absolute atomic E-state index is 6.20. The SMILES string of the molecule is CC1(C)Cc2ccc(Cl)cc2C1NCC1CCSCC1. The second kappa shape index (κ2) is 5.90. The van der Waals surface area contributed by atoms with Gasteiger partial charge < -0.3 is 5.32 Å². The molecule has 1 aromatic rings. The van der Waals surface area contributed by atoms with Crippen molar-refractivity contribution in [3.63, 3.8) is 0 Å². The Morgan fingerprint density at radius 3 is 2.80 bits per heavy atom. The third-order valence-electron chi connectivity index (χ3n) is 4.80. The van der Waals surface area contributed by atoms with E-state index in [4.69, 9.17) is 11.6 Å². The molecular formula is C17H24ClNS. The van der Waals surface area contributed by atoms with E-state index in [1.54, 1.807) is 0 Å². The molecule has 0 spiro atoms. The molecule has 1 aliphatic carbocycles. The highest BCUT2D eigenvalue weighted by atomic mass is 35.5. The molecule has 0 amide bonds. The second-order valence-corrected chi connectivity index (χ2v) is 8.57. The predicted molar refractivity (Wildman–Crippen MR) is 89.7 cm³/mol. The first-order chi connectivity index (χ1) is 9.56. The van der Waals surface area contributed by atoms with Crippen LogP contribution in [0.3, 0.4) is 0 Å². The zero-order valence-corrected chi connectivity index (χ0v) is 14.0. The molecule has 1 unspecified atom stereocenters. The molecule has 0 radical (unpaired) electrons.